The highest BCUT2D eigenvalue weighted by Crippen LogP contribution is 2.17. The van der Waals surface area contributed by atoms with Gasteiger partial charge in [0.25, 0.3) is 10.0 Å². The molecule has 1 fully saturated rings. The minimum atomic E-state index is -3.64. The van der Waals surface area contributed by atoms with Crippen LogP contribution in [0.15, 0.2) is 15.7 Å². The molecule has 1 aliphatic rings. The average molecular weight is 406 g/mol. The topological polar surface area (TPSA) is 118 Å². The second-order valence-electron chi connectivity index (χ2n) is 6.13. The van der Waals surface area contributed by atoms with E-state index in [1.165, 1.54) is 6.20 Å². The van der Waals surface area contributed by atoms with E-state index in [-0.39, 0.29) is 30.0 Å². The Bertz CT molecular complexity index is 816. The molecule has 2 N–H and O–H groups in total. The number of imidazole rings is 1. The Morgan fingerprint density at radius 1 is 1.38 bits per heavy atom. The highest BCUT2D eigenvalue weighted by Gasteiger charge is 2.25. The van der Waals surface area contributed by atoms with E-state index in [1.807, 2.05) is 7.05 Å². The van der Waals surface area contributed by atoms with Crippen LogP contribution in [-0.2, 0) is 23.5 Å². The summed E-state index contributed by atoms with van der Waals surface area (Å²) in [5, 5.41) is 7.32. The lowest BCUT2D eigenvalue weighted by molar-refractivity contribution is 0.190. The summed E-state index contributed by atoms with van der Waals surface area (Å²) >= 11 is 0. The zero-order valence-corrected chi connectivity index (χ0v) is 16.6. The number of aromatic nitrogens is 4. The fraction of sp³-hybridized carbons (Fsp3) is 0.643. The molecule has 12 heteroatoms. The van der Waals surface area contributed by atoms with Gasteiger partial charge in [-0.25, -0.2) is 18.1 Å². The van der Waals surface area contributed by atoms with Gasteiger partial charge in [-0.3, -0.25) is 4.90 Å². The van der Waals surface area contributed by atoms with E-state index >= 15 is 0 Å². The average Bonchev–Trinajstić information content (AvgIpc) is 3.15. The Labute approximate surface area is 158 Å². The number of aryl methyl sites for hydroxylation is 2. The molecule has 10 nitrogen and oxygen atoms in total. The Morgan fingerprint density at radius 2 is 2.15 bits per heavy atom. The van der Waals surface area contributed by atoms with E-state index in [0.717, 1.165) is 19.6 Å². The third-order valence-corrected chi connectivity index (χ3v) is 5.62. The van der Waals surface area contributed by atoms with Gasteiger partial charge < -0.3 is 14.4 Å². The number of piperazine rings is 1. The van der Waals surface area contributed by atoms with Crippen LogP contribution in [0.25, 0.3) is 0 Å². The maximum absolute atomic E-state index is 12.2. The number of hydrogen-bond acceptors (Lipinski definition) is 8. The number of likely N-dealkylation sites (N-methyl/N-ethyl adjacent to an activating group) is 1. The van der Waals surface area contributed by atoms with Crippen molar-refractivity contribution in [3.05, 3.63) is 23.7 Å². The molecule has 3 heterocycles. The van der Waals surface area contributed by atoms with Crippen molar-refractivity contribution in [2.75, 3.05) is 33.2 Å². The van der Waals surface area contributed by atoms with E-state index < -0.39 is 10.0 Å². The minimum absolute atomic E-state index is 0. The zero-order valence-electron chi connectivity index (χ0n) is 15.0. The Balaban J connectivity index is 0.00000243. The van der Waals surface area contributed by atoms with Crippen LogP contribution in [0, 0.1) is 6.92 Å². The maximum Gasteiger partial charge on any atom is 0.259 e. The van der Waals surface area contributed by atoms with Crippen LogP contribution in [0.3, 0.4) is 0 Å². The lowest BCUT2D eigenvalue weighted by Gasteiger charge is -2.30. The summed E-state index contributed by atoms with van der Waals surface area (Å²) in [6.07, 6.45) is 1.80. The van der Waals surface area contributed by atoms with Gasteiger partial charge >= 0.3 is 0 Å². The third kappa shape index (κ3) is 4.60. The normalized spacial score (nSPS) is 18.7. The summed E-state index contributed by atoms with van der Waals surface area (Å²) < 4.78 is 33.8. The van der Waals surface area contributed by atoms with Crippen molar-refractivity contribution in [2.45, 2.75) is 24.4 Å². The number of rotatable bonds is 6. The van der Waals surface area contributed by atoms with Gasteiger partial charge in [0.2, 0.25) is 5.89 Å². The fourth-order valence-electron chi connectivity index (χ4n) is 2.62. The van der Waals surface area contributed by atoms with Crippen molar-refractivity contribution in [1.82, 2.24) is 34.6 Å². The van der Waals surface area contributed by atoms with Crippen LogP contribution in [0.1, 0.15) is 23.6 Å². The Hall–Kier alpha value is -1.53. The molecule has 0 amide bonds. The van der Waals surface area contributed by atoms with Crippen LogP contribution in [0.4, 0.5) is 0 Å². The van der Waals surface area contributed by atoms with Gasteiger partial charge in [0.1, 0.15) is 5.82 Å². The molecule has 0 saturated carbocycles. The van der Waals surface area contributed by atoms with Gasteiger partial charge in [-0.05, 0) is 14.0 Å². The molecule has 0 aromatic carbocycles. The van der Waals surface area contributed by atoms with Crippen molar-refractivity contribution in [2.24, 2.45) is 7.05 Å². The molecule has 1 atom stereocenters. The molecular formula is C14H24ClN7O3S. The fourth-order valence-corrected chi connectivity index (χ4v) is 3.69. The summed E-state index contributed by atoms with van der Waals surface area (Å²) in [5.74, 6) is 1.66. The summed E-state index contributed by atoms with van der Waals surface area (Å²) in [4.78, 5) is 10.6. The number of nitrogens with zero attached hydrogens (tertiary/aromatic N) is 5. The van der Waals surface area contributed by atoms with Crippen molar-refractivity contribution in [1.29, 1.82) is 0 Å². The smallest absolute Gasteiger partial charge is 0.259 e. The van der Waals surface area contributed by atoms with Crippen LogP contribution < -0.4 is 10.0 Å². The Morgan fingerprint density at radius 3 is 2.81 bits per heavy atom. The van der Waals surface area contributed by atoms with Crippen molar-refractivity contribution in [3.63, 3.8) is 0 Å². The maximum atomic E-state index is 12.2. The summed E-state index contributed by atoms with van der Waals surface area (Å²) in [7, 11) is 0.122. The van der Waals surface area contributed by atoms with E-state index in [4.69, 9.17) is 4.52 Å². The summed E-state index contributed by atoms with van der Waals surface area (Å²) in [6, 6.07) is 0.0689. The van der Waals surface area contributed by atoms with Crippen LogP contribution in [0.5, 0.6) is 0 Å². The minimum Gasteiger partial charge on any atom is -0.339 e. The zero-order chi connectivity index (χ0) is 18.0. The molecule has 0 aliphatic carbocycles. The number of hydrogen-bond donors (Lipinski definition) is 2. The molecule has 26 heavy (non-hydrogen) atoms. The molecule has 2 aromatic rings. The van der Waals surface area contributed by atoms with E-state index in [9.17, 15) is 8.42 Å². The van der Waals surface area contributed by atoms with Gasteiger partial charge in [0, 0.05) is 45.8 Å². The summed E-state index contributed by atoms with van der Waals surface area (Å²) in [6.45, 7) is 4.53. The molecule has 3 rings (SSSR count). The van der Waals surface area contributed by atoms with Gasteiger partial charge in [-0.1, -0.05) is 5.16 Å². The second kappa shape index (κ2) is 8.44. The van der Waals surface area contributed by atoms with Gasteiger partial charge in [-0.2, -0.15) is 4.98 Å². The highest BCUT2D eigenvalue weighted by atomic mass is 35.5. The second-order valence-corrected chi connectivity index (χ2v) is 7.85. The summed E-state index contributed by atoms with van der Waals surface area (Å²) in [5.41, 5.74) is 0. The number of halogens is 1. The lowest BCUT2D eigenvalue weighted by Crippen LogP contribution is -2.44. The molecule has 0 spiro atoms. The monoisotopic (exact) mass is 405 g/mol. The predicted octanol–water partition coefficient (Wildman–Crippen LogP) is -0.370. The van der Waals surface area contributed by atoms with Gasteiger partial charge in [-0.15, -0.1) is 12.4 Å². The molecule has 146 valence electrons. The lowest BCUT2D eigenvalue weighted by atomic mass is 10.2. The molecular weight excluding hydrogens is 382 g/mol. The first-order chi connectivity index (χ1) is 11.9. The van der Waals surface area contributed by atoms with Gasteiger partial charge in [0.05, 0.1) is 6.04 Å². The van der Waals surface area contributed by atoms with Crippen LogP contribution >= 0.6 is 12.4 Å². The molecule has 0 bridgehead atoms. The van der Waals surface area contributed by atoms with Crippen molar-refractivity contribution in [3.8, 4) is 0 Å². The SMILES string of the molecule is Cc1nc(S(=O)(=O)NCCc2nc(C3CNCCN3C)no2)cn1C.Cl. The van der Waals surface area contributed by atoms with Crippen LogP contribution in [0.2, 0.25) is 0 Å². The van der Waals surface area contributed by atoms with Gasteiger partial charge in [0.15, 0.2) is 10.9 Å². The Kier molecular flexibility index (Phi) is 6.74. The quantitative estimate of drug-likeness (QED) is 0.668. The highest BCUT2D eigenvalue weighted by molar-refractivity contribution is 7.89. The van der Waals surface area contributed by atoms with E-state index in [0.29, 0.717) is 24.0 Å². The first-order valence-electron chi connectivity index (χ1n) is 8.10. The molecule has 1 saturated heterocycles. The first kappa shape index (κ1) is 20.8. The largest absolute Gasteiger partial charge is 0.339 e. The number of sulfonamides is 1. The standard InChI is InChI=1S/C14H23N7O3S.ClH/c1-10-17-13(9-21(10)3)25(22,23)16-5-4-12-18-14(19-24-12)11-8-15-6-7-20(11)2;/h9,11,15-16H,4-8H2,1-3H3;1H. The molecule has 2 aromatic heterocycles. The number of nitrogens with one attached hydrogen (secondary N) is 2. The van der Waals surface area contributed by atoms with Crippen molar-refractivity contribution < 1.29 is 12.9 Å². The van der Waals surface area contributed by atoms with E-state index in [1.54, 1.807) is 18.5 Å². The predicted molar refractivity (Wildman–Crippen MR) is 96.6 cm³/mol. The molecule has 1 unspecified atom stereocenters. The third-order valence-electron chi connectivity index (χ3n) is 4.29. The van der Waals surface area contributed by atoms with Crippen molar-refractivity contribution >= 4 is 22.4 Å². The first-order valence-corrected chi connectivity index (χ1v) is 9.58. The van der Waals surface area contributed by atoms with Crippen LogP contribution in [-0.4, -0.2) is 66.2 Å². The molecule has 0 radical (unpaired) electrons. The molecule has 1 aliphatic heterocycles. The van der Waals surface area contributed by atoms with E-state index in [2.05, 4.69) is 30.1 Å².